The SMILES string of the molecule is COc1ccc(C[C@@H]2NC(=O)[C@H](CC(C)C)NC(=O)[C@@H](Cc3c[nH]c4ccccc34)NC(=O)CN(C(C)=O)C[C@H](C(C)C)NC(=O)[C@@H](C)NC2=O)cc1. The molecule has 1 saturated heterocycles. The molecule has 0 unspecified atom stereocenters. The van der Waals surface area contributed by atoms with Gasteiger partial charge in [-0.05, 0) is 54.5 Å². The predicted octanol–water partition coefficient (Wildman–Crippen LogP) is 1.97. The largest absolute Gasteiger partial charge is 0.497 e. The van der Waals surface area contributed by atoms with Crippen molar-refractivity contribution >= 4 is 46.3 Å². The van der Waals surface area contributed by atoms with E-state index >= 15 is 0 Å². The van der Waals surface area contributed by atoms with E-state index in [2.05, 4.69) is 31.6 Å². The summed E-state index contributed by atoms with van der Waals surface area (Å²) in [5.41, 5.74) is 2.34. The maximum Gasteiger partial charge on any atom is 0.243 e. The Morgan fingerprint density at radius 2 is 1.42 bits per heavy atom. The minimum Gasteiger partial charge on any atom is -0.497 e. The molecule has 6 amide bonds. The highest BCUT2D eigenvalue weighted by molar-refractivity contribution is 5.96. The molecule has 14 heteroatoms. The number of benzene rings is 2. The molecule has 0 saturated carbocycles. The van der Waals surface area contributed by atoms with Crippen molar-refractivity contribution < 1.29 is 33.5 Å². The van der Waals surface area contributed by atoms with Crippen molar-refractivity contribution in [3.8, 4) is 5.75 Å². The number of para-hydroxylation sites is 1. The minimum atomic E-state index is -1.13. The lowest BCUT2D eigenvalue weighted by Gasteiger charge is -2.31. The van der Waals surface area contributed by atoms with Crippen LogP contribution in [0.3, 0.4) is 0 Å². The number of nitrogens with one attached hydrogen (secondary N) is 6. The van der Waals surface area contributed by atoms with Gasteiger partial charge in [-0.2, -0.15) is 0 Å². The molecule has 14 nitrogen and oxygen atoms in total. The number of rotatable bonds is 8. The summed E-state index contributed by atoms with van der Waals surface area (Å²) >= 11 is 0. The summed E-state index contributed by atoms with van der Waals surface area (Å²) in [4.78, 5) is 86.4. The fraction of sp³-hybridized carbons (Fsp3) is 0.487. The lowest BCUT2D eigenvalue weighted by Crippen LogP contribution is -2.60. The second kappa shape index (κ2) is 18.4. The van der Waals surface area contributed by atoms with Crippen molar-refractivity contribution in [2.75, 3.05) is 20.2 Å². The van der Waals surface area contributed by atoms with E-state index in [-0.39, 0.29) is 44.2 Å². The summed E-state index contributed by atoms with van der Waals surface area (Å²) in [5.74, 6) is -2.85. The van der Waals surface area contributed by atoms with Crippen LogP contribution in [-0.4, -0.2) is 95.7 Å². The zero-order valence-corrected chi connectivity index (χ0v) is 31.6. The molecule has 1 aliphatic heterocycles. The number of carbonyl (C=O) groups is 6. The summed E-state index contributed by atoms with van der Waals surface area (Å²) in [6.07, 6.45) is 2.17. The van der Waals surface area contributed by atoms with Gasteiger partial charge in [0, 0.05) is 49.5 Å². The first-order valence-electron chi connectivity index (χ1n) is 18.1. The van der Waals surface area contributed by atoms with Crippen molar-refractivity contribution in [3.63, 3.8) is 0 Å². The normalized spacial score (nSPS) is 22.7. The summed E-state index contributed by atoms with van der Waals surface area (Å²) in [6.45, 7) is 10.0. The van der Waals surface area contributed by atoms with Crippen LogP contribution in [0.5, 0.6) is 5.75 Å². The molecule has 4 rings (SSSR count). The van der Waals surface area contributed by atoms with Crippen molar-refractivity contribution in [3.05, 3.63) is 65.9 Å². The first-order valence-corrected chi connectivity index (χ1v) is 18.1. The van der Waals surface area contributed by atoms with Gasteiger partial charge in [0.25, 0.3) is 0 Å². The Hall–Kier alpha value is -5.40. The highest BCUT2D eigenvalue weighted by Gasteiger charge is 2.33. The van der Waals surface area contributed by atoms with Crippen LogP contribution in [0.4, 0.5) is 0 Å². The molecule has 5 atom stereocenters. The number of hydrogen-bond donors (Lipinski definition) is 6. The zero-order chi connectivity index (χ0) is 38.8. The number of nitrogens with zero attached hydrogens (tertiary/aromatic N) is 1. The van der Waals surface area contributed by atoms with E-state index in [1.807, 2.05) is 52.0 Å². The van der Waals surface area contributed by atoms with Gasteiger partial charge in [-0.1, -0.05) is 58.0 Å². The van der Waals surface area contributed by atoms with Crippen LogP contribution >= 0.6 is 0 Å². The minimum absolute atomic E-state index is 0.0127. The number of fused-ring (bicyclic) bond motifs is 1. The maximum atomic E-state index is 14.2. The number of carbonyl (C=O) groups excluding carboxylic acids is 6. The summed E-state index contributed by atoms with van der Waals surface area (Å²) < 4.78 is 5.27. The van der Waals surface area contributed by atoms with Crippen LogP contribution in [0.15, 0.2) is 54.7 Å². The van der Waals surface area contributed by atoms with Crippen molar-refractivity contribution in [1.29, 1.82) is 0 Å². The molecule has 286 valence electrons. The van der Waals surface area contributed by atoms with Gasteiger partial charge >= 0.3 is 0 Å². The lowest BCUT2D eigenvalue weighted by molar-refractivity contribution is -0.137. The van der Waals surface area contributed by atoms with Gasteiger partial charge in [-0.15, -0.1) is 0 Å². The first-order chi connectivity index (χ1) is 25.1. The third kappa shape index (κ3) is 11.3. The number of H-pyrrole nitrogens is 1. The molecule has 53 heavy (non-hydrogen) atoms. The second-order valence-electron chi connectivity index (χ2n) is 14.5. The van der Waals surface area contributed by atoms with E-state index in [0.717, 1.165) is 22.0 Å². The Morgan fingerprint density at radius 3 is 2.06 bits per heavy atom. The first kappa shape index (κ1) is 40.4. The Balaban J connectivity index is 1.73. The lowest BCUT2D eigenvalue weighted by atomic mass is 9.99. The molecule has 0 aliphatic carbocycles. The van der Waals surface area contributed by atoms with Crippen molar-refractivity contribution in [1.82, 2.24) is 36.5 Å². The number of hydrogen-bond acceptors (Lipinski definition) is 7. The Morgan fingerprint density at radius 1 is 0.792 bits per heavy atom. The fourth-order valence-corrected chi connectivity index (χ4v) is 6.25. The summed E-state index contributed by atoms with van der Waals surface area (Å²) in [6, 6.07) is 9.70. The standard InChI is InChI=1S/C39H53N7O7/c1-22(2)16-31-38(51)44-32(17-26-12-14-28(53-7)15-13-26)37(50)41-24(5)36(49)45-34(23(3)4)20-46(25(6)47)21-35(48)42-33(39(52)43-31)18-27-19-40-30-11-9-8-10-29(27)30/h8-15,19,22-24,31-34,40H,16-18,20-21H2,1-7H3,(H,41,50)(H,42,48)(H,43,52)(H,44,51)(H,45,49)/t24-,31+,32+,33-,34-/m1/s1. The van der Waals surface area contributed by atoms with E-state index in [1.54, 1.807) is 37.6 Å². The molecule has 6 N–H and O–H groups in total. The van der Waals surface area contributed by atoms with Gasteiger partial charge < -0.3 is 41.2 Å². The van der Waals surface area contributed by atoms with E-state index in [9.17, 15) is 28.8 Å². The van der Waals surface area contributed by atoms with Crippen LogP contribution < -0.4 is 31.3 Å². The topological polar surface area (TPSA) is 191 Å². The maximum absolute atomic E-state index is 14.2. The number of aromatic nitrogens is 1. The molecular weight excluding hydrogens is 678 g/mol. The molecule has 1 aliphatic rings. The van der Waals surface area contributed by atoms with Crippen LogP contribution in [0.2, 0.25) is 0 Å². The van der Waals surface area contributed by atoms with Gasteiger partial charge in [0.15, 0.2) is 0 Å². The monoisotopic (exact) mass is 731 g/mol. The molecule has 0 radical (unpaired) electrons. The highest BCUT2D eigenvalue weighted by atomic mass is 16.5. The van der Waals surface area contributed by atoms with Crippen LogP contribution in [0.25, 0.3) is 10.9 Å². The molecule has 2 heterocycles. The average molecular weight is 732 g/mol. The molecule has 1 aromatic heterocycles. The van der Waals surface area contributed by atoms with Crippen LogP contribution in [-0.2, 0) is 41.6 Å². The molecular formula is C39H53N7O7. The molecule has 0 bridgehead atoms. The van der Waals surface area contributed by atoms with Crippen LogP contribution in [0.1, 0.15) is 59.1 Å². The fourth-order valence-electron chi connectivity index (χ4n) is 6.25. The van der Waals surface area contributed by atoms with Crippen molar-refractivity contribution in [2.24, 2.45) is 11.8 Å². The molecule has 0 spiro atoms. The predicted molar refractivity (Wildman–Crippen MR) is 201 cm³/mol. The van der Waals surface area contributed by atoms with E-state index in [4.69, 9.17) is 4.74 Å². The molecule has 3 aromatic rings. The number of ether oxygens (including phenoxy) is 1. The Labute approximate surface area is 310 Å². The molecule has 1 fully saturated rings. The summed E-state index contributed by atoms with van der Waals surface area (Å²) in [5, 5.41) is 15.0. The zero-order valence-electron chi connectivity index (χ0n) is 31.6. The number of amides is 6. The van der Waals surface area contributed by atoms with Crippen molar-refractivity contribution in [2.45, 2.75) is 91.0 Å². The number of methoxy groups -OCH3 is 1. The van der Waals surface area contributed by atoms with E-state index < -0.39 is 65.7 Å². The van der Waals surface area contributed by atoms with E-state index in [0.29, 0.717) is 5.75 Å². The van der Waals surface area contributed by atoms with Gasteiger partial charge in [-0.25, -0.2) is 0 Å². The average Bonchev–Trinajstić information content (AvgIpc) is 3.52. The third-order valence-electron chi connectivity index (χ3n) is 9.40. The smallest absolute Gasteiger partial charge is 0.243 e. The van der Waals surface area contributed by atoms with Crippen LogP contribution in [0, 0.1) is 11.8 Å². The quantitative estimate of drug-likeness (QED) is 0.204. The number of aromatic amines is 1. The highest BCUT2D eigenvalue weighted by Crippen LogP contribution is 2.20. The second-order valence-corrected chi connectivity index (χ2v) is 14.5. The van der Waals surface area contributed by atoms with Gasteiger partial charge in [0.05, 0.1) is 13.7 Å². The Kier molecular flexibility index (Phi) is 14.0. The van der Waals surface area contributed by atoms with Gasteiger partial charge in [0.1, 0.15) is 29.9 Å². The summed E-state index contributed by atoms with van der Waals surface area (Å²) in [7, 11) is 1.54. The third-order valence-corrected chi connectivity index (χ3v) is 9.40. The van der Waals surface area contributed by atoms with Gasteiger partial charge in [0.2, 0.25) is 35.4 Å². The van der Waals surface area contributed by atoms with Gasteiger partial charge in [-0.3, -0.25) is 28.8 Å². The van der Waals surface area contributed by atoms with E-state index in [1.165, 1.54) is 18.7 Å². The Bertz CT molecular complexity index is 1770. The molecule has 2 aromatic carbocycles.